The molecule has 3 fully saturated rings. The Kier molecular flexibility index (Phi) is 6.80. The average molecular weight is 522 g/mol. The quantitative estimate of drug-likeness (QED) is 0.548. The molecule has 0 aliphatic heterocycles. The van der Waals surface area contributed by atoms with Gasteiger partial charge in [0.2, 0.25) is 0 Å². The third-order valence-corrected chi connectivity index (χ3v) is 9.78. The molecule has 3 saturated carbocycles. The lowest BCUT2D eigenvalue weighted by molar-refractivity contribution is -0.141. The fourth-order valence-electron chi connectivity index (χ4n) is 8.05. The van der Waals surface area contributed by atoms with E-state index in [0.29, 0.717) is 24.1 Å². The number of anilines is 1. The van der Waals surface area contributed by atoms with E-state index < -0.39 is 18.2 Å². The largest absolute Gasteiger partial charge is 0.465 e. The maximum Gasteiger partial charge on any atom is 0.412 e. The lowest BCUT2D eigenvalue weighted by atomic mass is 9.46. The Labute approximate surface area is 222 Å². The number of rotatable bonds is 5. The minimum atomic E-state index is -0.745. The number of hydrogen-bond acceptors (Lipinski definition) is 7. The molecule has 0 bridgehead atoms. The number of allylic oxidation sites excluding steroid dienone is 4. The number of fused-ring (bicyclic) bond motifs is 5. The minimum absolute atomic E-state index is 0.0137. The van der Waals surface area contributed by atoms with Gasteiger partial charge in [-0.2, -0.15) is 0 Å². The molecule has 7 atom stereocenters. The van der Waals surface area contributed by atoms with E-state index in [9.17, 15) is 24.3 Å². The van der Waals surface area contributed by atoms with E-state index in [1.807, 2.05) is 6.08 Å². The molecule has 8 heteroatoms. The highest BCUT2D eigenvalue weighted by atomic mass is 16.6. The predicted octanol–water partition coefficient (Wildman–Crippen LogP) is 4.49. The van der Waals surface area contributed by atoms with Gasteiger partial charge < -0.3 is 14.6 Å². The summed E-state index contributed by atoms with van der Waals surface area (Å²) in [5.74, 6) is -0.302. The Morgan fingerprint density at radius 2 is 1.84 bits per heavy atom. The molecule has 0 heterocycles. The number of esters is 1. The summed E-state index contributed by atoms with van der Waals surface area (Å²) in [6, 6.07) is 6.17. The Hall–Kier alpha value is -3.26. The van der Waals surface area contributed by atoms with Crippen LogP contribution in [0.15, 0.2) is 48.1 Å². The van der Waals surface area contributed by atoms with Crippen molar-refractivity contribution in [1.29, 1.82) is 0 Å². The van der Waals surface area contributed by atoms with Gasteiger partial charge in [-0.1, -0.05) is 25.5 Å². The highest BCUT2D eigenvalue weighted by molar-refractivity contribution is 6.01. The zero-order chi connectivity index (χ0) is 27.2. The van der Waals surface area contributed by atoms with Crippen molar-refractivity contribution in [3.05, 3.63) is 53.6 Å². The summed E-state index contributed by atoms with van der Waals surface area (Å²) in [5, 5.41) is 14.0. The van der Waals surface area contributed by atoms with Gasteiger partial charge in [0, 0.05) is 22.9 Å². The number of carbonyl (C=O) groups is 4. The predicted molar refractivity (Wildman–Crippen MR) is 139 cm³/mol. The smallest absolute Gasteiger partial charge is 0.412 e. The second kappa shape index (κ2) is 9.80. The van der Waals surface area contributed by atoms with Crippen LogP contribution in [0.1, 0.15) is 56.3 Å². The Bertz CT molecular complexity index is 1220. The molecule has 4 aliphatic rings. The van der Waals surface area contributed by atoms with E-state index in [0.717, 1.165) is 24.8 Å². The van der Waals surface area contributed by atoms with Gasteiger partial charge in [-0.25, -0.2) is 9.59 Å². The van der Waals surface area contributed by atoms with Crippen molar-refractivity contribution in [1.82, 2.24) is 0 Å². The number of methoxy groups -OCH3 is 1. The molecule has 0 aromatic heterocycles. The van der Waals surface area contributed by atoms with Crippen molar-refractivity contribution in [3.8, 4) is 0 Å². The number of ether oxygens (including phenoxy) is 2. The first-order chi connectivity index (χ1) is 18.1. The molecule has 5 rings (SSSR count). The van der Waals surface area contributed by atoms with E-state index in [1.54, 1.807) is 24.3 Å². The van der Waals surface area contributed by atoms with Gasteiger partial charge in [0.15, 0.2) is 18.2 Å². The molecule has 202 valence electrons. The van der Waals surface area contributed by atoms with Crippen LogP contribution in [-0.2, 0) is 19.1 Å². The third-order valence-electron chi connectivity index (χ3n) is 9.78. The lowest BCUT2D eigenvalue weighted by Gasteiger charge is -2.58. The van der Waals surface area contributed by atoms with Crippen molar-refractivity contribution in [2.24, 2.45) is 34.5 Å². The number of carbonyl (C=O) groups excluding carboxylic acids is 4. The van der Waals surface area contributed by atoms with Crippen LogP contribution in [0.2, 0.25) is 0 Å². The highest BCUT2D eigenvalue weighted by Gasteiger charge is 2.62. The molecule has 1 aromatic rings. The molecule has 1 aromatic carbocycles. The van der Waals surface area contributed by atoms with Crippen molar-refractivity contribution in [2.45, 2.75) is 52.1 Å². The van der Waals surface area contributed by atoms with Gasteiger partial charge in [0.05, 0.1) is 18.8 Å². The topological polar surface area (TPSA) is 119 Å². The summed E-state index contributed by atoms with van der Waals surface area (Å²) in [5.41, 5.74) is 1.19. The Morgan fingerprint density at radius 3 is 2.55 bits per heavy atom. The molecule has 0 saturated heterocycles. The Morgan fingerprint density at radius 1 is 1.11 bits per heavy atom. The summed E-state index contributed by atoms with van der Waals surface area (Å²) in [6.07, 6.45) is 7.88. The van der Waals surface area contributed by atoms with E-state index in [2.05, 4.69) is 23.9 Å². The average Bonchev–Trinajstić information content (AvgIpc) is 3.24. The van der Waals surface area contributed by atoms with Gasteiger partial charge in [-0.15, -0.1) is 0 Å². The van der Waals surface area contributed by atoms with Gasteiger partial charge in [-0.3, -0.25) is 14.9 Å². The standard InChI is InChI=1S/C30H35NO7/c1-29-13-12-20(32)14-18(29)6-9-21-22-10-11-23(30(22,2)15-24(33)26(21)29)25(34)16-38-28(36)31-19-7-4-17(5-8-19)27(35)37-3/h4-5,7-8,12-14,21-24,26,33H,6,9-11,15-16H2,1-3H3,(H,31,36)/t21?,22?,23?,24-,26?,29?,30?/m0/s1. The fraction of sp³-hybridized carbons (Fsp3) is 0.533. The first-order valence-corrected chi connectivity index (χ1v) is 13.3. The van der Waals surface area contributed by atoms with Crippen LogP contribution in [-0.4, -0.2) is 48.6 Å². The van der Waals surface area contributed by atoms with Crippen LogP contribution in [0.4, 0.5) is 10.5 Å². The second-order valence-corrected chi connectivity index (χ2v) is 11.7. The normalized spacial score (nSPS) is 35.3. The van der Waals surface area contributed by atoms with Crippen LogP contribution >= 0.6 is 0 Å². The molecular weight excluding hydrogens is 486 g/mol. The number of amides is 1. The first-order valence-electron chi connectivity index (χ1n) is 13.3. The molecule has 6 unspecified atom stereocenters. The van der Waals surface area contributed by atoms with Crippen LogP contribution in [0.3, 0.4) is 0 Å². The van der Waals surface area contributed by atoms with E-state index in [4.69, 9.17) is 4.74 Å². The van der Waals surface area contributed by atoms with Crippen molar-refractivity contribution in [2.75, 3.05) is 19.0 Å². The number of nitrogens with one attached hydrogen (secondary N) is 1. The molecule has 8 nitrogen and oxygen atoms in total. The summed E-state index contributed by atoms with van der Waals surface area (Å²) >= 11 is 0. The summed E-state index contributed by atoms with van der Waals surface area (Å²) < 4.78 is 9.93. The van der Waals surface area contributed by atoms with Crippen molar-refractivity contribution < 1.29 is 33.8 Å². The highest BCUT2D eigenvalue weighted by Crippen LogP contribution is 2.66. The summed E-state index contributed by atoms with van der Waals surface area (Å²) in [7, 11) is 1.29. The second-order valence-electron chi connectivity index (χ2n) is 11.7. The zero-order valence-corrected chi connectivity index (χ0v) is 22.1. The maximum atomic E-state index is 13.3. The SMILES string of the molecule is COC(=O)c1ccc(NC(=O)OCC(=O)C2CCC3C4CCC5=CC(=O)C=CC5(C)C4[C@@H](O)CC23C)cc1. The number of ketones is 2. The van der Waals surface area contributed by atoms with Crippen LogP contribution in [0.25, 0.3) is 0 Å². The van der Waals surface area contributed by atoms with Crippen LogP contribution in [0, 0.1) is 34.5 Å². The molecule has 4 aliphatic carbocycles. The number of aliphatic hydroxyl groups is 1. The van der Waals surface area contributed by atoms with Gasteiger partial charge >= 0.3 is 12.1 Å². The van der Waals surface area contributed by atoms with Crippen molar-refractivity contribution in [3.63, 3.8) is 0 Å². The van der Waals surface area contributed by atoms with E-state index in [-0.39, 0.29) is 52.7 Å². The first kappa shape index (κ1) is 26.4. The Balaban J connectivity index is 1.23. The monoisotopic (exact) mass is 521 g/mol. The molecular formula is C30H35NO7. The summed E-state index contributed by atoms with van der Waals surface area (Å²) in [4.78, 5) is 49.2. The number of Topliss-reactive ketones (excluding diaryl/α,β-unsaturated/α-hetero) is 1. The number of benzene rings is 1. The van der Waals surface area contributed by atoms with E-state index in [1.165, 1.54) is 19.2 Å². The molecule has 2 N–H and O–H groups in total. The molecule has 0 radical (unpaired) electrons. The number of hydrogen-bond donors (Lipinski definition) is 2. The van der Waals surface area contributed by atoms with Gasteiger partial charge in [0.1, 0.15) is 0 Å². The minimum Gasteiger partial charge on any atom is -0.465 e. The maximum absolute atomic E-state index is 13.3. The molecule has 38 heavy (non-hydrogen) atoms. The van der Waals surface area contributed by atoms with E-state index >= 15 is 0 Å². The fourth-order valence-corrected chi connectivity index (χ4v) is 8.05. The van der Waals surface area contributed by atoms with Gasteiger partial charge in [0.25, 0.3) is 0 Å². The molecule has 0 spiro atoms. The number of aliphatic hydroxyl groups excluding tert-OH is 1. The van der Waals surface area contributed by atoms with Crippen molar-refractivity contribution >= 4 is 29.3 Å². The third kappa shape index (κ3) is 4.38. The van der Waals surface area contributed by atoms with Crippen LogP contribution in [0.5, 0.6) is 0 Å². The van der Waals surface area contributed by atoms with Gasteiger partial charge in [-0.05, 0) is 85.8 Å². The lowest BCUT2D eigenvalue weighted by Crippen LogP contribution is -2.56. The molecule has 1 amide bonds. The summed E-state index contributed by atoms with van der Waals surface area (Å²) in [6.45, 7) is 3.92. The zero-order valence-electron chi connectivity index (χ0n) is 22.1. The van der Waals surface area contributed by atoms with Crippen LogP contribution < -0.4 is 5.32 Å².